The quantitative estimate of drug-likeness (QED) is 0.277. The van der Waals surface area contributed by atoms with Crippen LogP contribution in [0.15, 0.2) is 29.8 Å². The second-order valence-electron chi connectivity index (χ2n) is 7.66. The van der Waals surface area contributed by atoms with Crippen LogP contribution < -0.4 is 9.47 Å². The van der Waals surface area contributed by atoms with E-state index in [-0.39, 0.29) is 24.3 Å². The maximum absolute atomic E-state index is 13.6. The Hall–Kier alpha value is -4.08. The lowest BCUT2D eigenvalue weighted by atomic mass is 9.73. The molecule has 1 aliphatic carbocycles. The van der Waals surface area contributed by atoms with Crippen molar-refractivity contribution in [1.82, 2.24) is 0 Å². The highest BCUT2D eigenvalue weighted by Crippen LogP contribution is 2.52. The second-order valence-corrected chi connectivity index (χ2v) is 7.66. The number of benzene rings is 2. The molecule has 0 heterocycles. The number of ether oxygens (including phenoxy) is 2. The molecule has 1 aliphatic rings. The summed E-state index contributed by atoms with van der Waals surface area (Å²) in [5.41, 5.74) is -8.53. The van der Waals surface area contributed by atoms with Gasteiger partial charge in [0.1, 0.15) is 29.2 Å². The zero-order chi connectivity index (χ0) is 29.0. The summed E-state index contributed by atoms with van der Waals surface area (Å²) in [7, 11) is 0. The lowest BCUT2D eigenvalue weighted by molar-refractivity contribution is -0.277. The lowest BCUT2D eigenvalue weighted by Crippen LogP contribution is -2.23. The van der Waals surface area contributed by atoms with Crippen LogP contribution in [0, 0.1) is 22.7 Å². The van der Waals surface area contributed by atoms with Gasteiger partial charge in [-0.2, -0.15) is 36.9 Å². The molecule has 0 saturated heterocycles. The third-order valence-electron chi connectivity index (χ3n) is 5.31. The van der Waals surface area contributed by atoms with Crippen LogP contribution in [0.2, 0.25) is 0 Å². The van der Waals surface area contributed by atoms with Crippen molar-refractivity contribution in [2.45, 2.75) is 37.9 Å². The van der Waals surface area contributed by atoms with E-state index in [1.54, 1.807) is 0 Å². The largest absolute Gasteiger partial charge is 0.573 e. The van der Waals surface area contributed by atoms with Gasteiger partial charge in [0.05, 0.1) is 11.1 Å². The normalized spacial score (nSPS) is 15.7. The van der Waals surface area contributed by atoms with Crippen LogP contribution in [-0.2, 0) is 12.4 Å². The molecule has 2 aromatic carbocycles. The Balaban J connectivity index is 2.50. The summed E-state index contributed by atoms with van der Waals surface area (Å²) in [5.74, 6) is -5.00. The van der Waals surface area contributed by atoms with Gasteiger partial charge in [0.25, 0.3) is 0 Å². The van der Waals surface area contributed by atoms with Crippen molar-refractivity contribution in [3.05, 3.63) is 63.2 Å². The molecule has 4 nitrogen and oxygen atoms in total. The highest BCUT2D eigenvalue weighted by atomic mass is 19.4. The van der Waals surface area contributed by atoms with Gasteiger partial charge in [-0.15, -0.1) is 26.3 Å². The van der Waals surface area contributed by atoms with E-state index in [1.165, 1.54) is 12.1 Å². The van der Waals surface area contributed by atoms with Crippen molar-refractivity contribution in [2.24, 2.45) is 0 Å². The van der Waals surface area contributed by atoms with Gasteiger partial charge >= 0.3 is 25.1 Å². The van der Waals surface area contributed by atoms with Crippen molar-refractivity contribution >= 4 is 5.57 Å². The summed E-state index contributed by atoms with van der Waals surface area (Å²) in [6, 6.07) is 3.16. The van der Waals surface area contributed by atoms with Gasteiger partial charge < -0.3 is 9.47 Å². The SMILES string of the molecule is CC1c2cc(OC(F)(F)F)c(C(F)(F)F)cc2C(=C(C#N)C#N)c2cc(C(F)(F)F)c(OC(F)(F)F)cc21. The van der Waals surface area contributed by atoms with Crippen LogP contribution >= 0.6 is 0 Å². The van der Waals surface area contributed by atoms with Crippen LogP contribution in [0.3, 0.4) is 0 Å². The van der Waals surface area contributed by atoms with Crippen molar-refractivity contribution in [2.75, 3.05) is 0 Å². The molecule has 202 valence electrons. The minimum absolute atomic E-state index is 0.0627. The summed E-state index contributed by atoms with van der Waals surface area (Å²) in [6.07, 6.45) is -22.3. The first kappa shape index (κ1) is 28.5. The van der Waals surface area contributed by atoms with Crippen molar-refractivity contribution < 1.29 is 62.2 Å². The van der Waals surface area contributed by atoms with E-state index in [2.05, 4.69) is 9.47 Å². The number of rotatable bonds is 2. The molecule has 16 heteroatoms. The molecule has 0 aliphatic heterocycles. The summed E-state index contributed by atoms with van der Waals surface area (Å²) in [5, 5.41) is 18.7. The van der Waals surface area contributed by atoms with E-state index in [0.29, 0.717) is 0 Å². The van der Waals surface area contributed by atoms with Gasteiger partial charge in [-0.3, -0.25) is 0 Å². The maximum atomic E-state index is 13.6. The molecule has 3 rings (SSSR count). The first-order valence-electron chi connectivity index (χ1n) is 9.75. The molecular formula is C22H8F12N2O2. The summed E-state index contributed by atoms with van der Waals surface area (Å²) >= 11 is 0. The van der Waals surface area contributed by atoms with Crippen LogP contribution in [0.4, 0.5) is 52.7 Å². The molecule has 0 amide bonds. The molecule has 0 saturated carbocycles. The molecule has 0 atom stereocenters. The topological polar surface area (TPSA) is 66.0 Å². The van der Waals surface area contributed by atoms with Crippen LogP contribution in [0.25, 0.3) is 5.57 Å². The molecule has 0 aromatic heterocycles. The lowest BCUT2D eigenvalue weighted by Gasteiger charge is -2.31. The van der Waals surface area contributed by atoms with Gasteiger partial charge in [-0.25, -0.2) is 0 Å². The Bertz CT molecular complexity index is 1300. The highest BCUT2D eigenvalue weighted by Gasteiger charge is 2.44. The predicted molar refractivity (Wildman–Crippen MR) is 101 cm³/mol. The van der Waals surface area contributed by atoms with E-state index < -0.39 is 87.0 Å². The first-order chi connectivity index (χ1) is 17.2. The highest BCUT2D eigenvalue weighted by molar-refractivity contribution is 5.93. The fourth-order valence-electron chi connectivity index (χ4n) is 3.92. The molecule has 2 aromatic rings. The Labute approximate surface area is 203 Å². The summed E-state index contributed by atoms with van der Waals surface area (Å²) in [4.78, 5) is 0. The summed E-state index contributed by atoms with van der Waals surface area (Å²) in [6.45, 7) is 1.06. The Morgan fingerprint density at radius 2 is 1.00 bits per heavy atom. The van der Waals surface area contributed by atoms with Crippen LogP contribution in [0.1, 0.15) is 46.2 Å². The van der Waals surface area contributed by atoms with E-state index in [1.807, 2.05) is 0 Å². The average molecular weight is 560 g/mol. The van der Waals surface area contributed by atoms with E-state index >= 15 is 0 Å². The number of hydrogen-bond acceptors (Lipinski definition) is 4. The predicted octanol–water partition coefficient (Wildman–Crippen LogP) is 7.84. The zero-order valence-corrected chi connectivity index (χ0v) is 18.1. The van der Waals surface area contributed by atoms with E-state index in [0.717, 1.165) is 6.92 Å². The van der Waals surface area contributed by atoms with Crippen LogP contribution in [0.5, 0.6) is 11.5 Å². The maximum Gasteiger partial charge on any atom is 0.573 e. The van der Waals surface area contributed by atoms with Gasteiger partial charge in [0.15, 0.2) is 0 Å². The number of halogens is 12. The fourth-order valence-corrected chi connectivity index (χ4v) is 3.92. The summed E-state index contributed by atoms with van der Waals surface area (Å²) < 4.78 is 166. The van der Waals surface area contributed by atoms with E-state index in [9.17, 15) is 63.2 Å². The standard InChI is InChI=1S/C22H8F12N2O2/c1-8-10-4-16(37-21(29,30)31)14(19(23,24)25)2-12(10)18(9(6-35)7-36)13-3-15(20(26,27)28)17(5-11(8)13)38-22(32,33)34/h2-5,8H,1H3. The minimum atomic E-state index is -5.62. The fraction of sp³-hybridized carbons (Fsp3) is 0.273. The molecule has 0 unspecified atom stereocenters. The van der Waals surface area contributed by atoms with Crippen molar-refractivity contribution in [3.8, 4) is 23.6 Å². The zero-order valence-electron chi connectivity index (χ0n) is 18.1. The third kappa shape index (κ3) is 5.58. The van der Waals surface area contributed by atoms with Gasteiger partial charge in [0.2, 0.25) is 0 Å². The van der Waals surface area contributed by atoms with E-state index in [4.69, 9.17) is 0 Å². The molecule has 0 spiro atoms. The monoisotopic (exact) mass is 560 g/mol. The number of allylic oxidation sites excluding steroid dienone is 1. The minimum Gasteiger partial charge on any atom is -0.405 e. The first-order valence-corrected chi connectivity index (χ1v) is 9.75. The average Bonchev–Trinajstić information content (AvgIpc) is 2.72. The molecule has 0 bridgehead atoms. The van der Waals surface area contributed by atoms with Crippen molar-refractivity contribution in [1.29, 1.82) is 10.5 Å². The molecule has 38 heavy (non-hydrogen) atoms. The van der Waals surface area contributed by atoms with Gasteiger partial charge in [-0.05, 0) is 46.5 Å². The number of fused-ring (bicyclic) bond motifs is 2. The molecule has 0 fully saturated rings. The molecule has 0 radical (unpaired) electrons. The third-order valence-corrected chi connectivity index (χ3v) is 5.31. The number of alkyl halides is 12. The second kappa shape index (κ2) is 9.04. The smallest absolute Gasteiger partial charge is 0.405 e. The Morgan fingerprint density at radius 1 is 0.658 bits per heavy atom. The molecular weight excluding hydrogens is 552 g/mol. The van der Waals surface area contributed by atoms with Gasteiger partial charge in [-0.1, -0.05) is 6.92 Å². The van der Waals surface area contributed by atoms with Gasteiger partial charge in [0, 0.05) is 11.5 Å². The van der Waals surface area contributed by atoms with Crippen LogP contribution in [-0.4, -0.2) is 12.7 Å². The molecule has 0 N–H and O–H groups in total. The Morgan fingerprint density at radius 3 is 1.26 bits per heavy atom. The number of nitrogens with zero attached hydrogens (tertiary/aromatic N) is 2. The number of nitriles is 2. The number of hydrogen-bond donors (Lipinski definition) is 0. The Kier molecular flexibility index (Phi) is 6.78. The van der Waals surface area contributed by atoms with Crippen molar-refractivity contribution in [3.63, 3.8) is 0 Å².